The largest absolute Gasteiger partial charge is 0.486 e. The maximum atomic E-state index is 12.2. The number of carbonyl (C=O) groups is 2. The van der Waals surface area contributed by atoms with Crippen LogP contribution in [0.2, 0.25) is 0 Å². The minimum absolute atomic E-state index is 0.0864. The summed E-state index contributed by atoms with van der Waals surface area (Å²) < 4.78 is 5.80. The number of fused-ring (bicyclic) bond motifs is 1. The van der Waals surface area contributed by atoms with E-state index >= 15 is 0 Å². The summed E-state index contributed by atoms with van der Waals surface area (Å²) in [5, 5.41) is 11.3. The number of aromatic carboxylic acids is 1. The first-order chi connectivity index (χ1) is 15.6. The summed E-state index contributed by atoms with van der Waals surface area (Å²) >= 11 is 0. The molecule has 0 bridgehead atoms. The normalized spacial score (nSPS) is 12.5. The van der Waals surface area contributed by atoms with Crippen LogP contribution in [0.5, 0.6) is 5.75 Å². The van der Waals surface area contributed by atoms with Gasteiger partial charge >= 0.3 is 5.97 Å². The molecule has 33 heavy (non-hydrogen) atoms. The fraction of sp³-hybridized carbons (Fsp3) is 0.379. The van der Waals surface area contributed by atoms with Gasteiger partial charge in [-0.05, 0) is 77.8 Å². The van der Waals surface area contributed by atoms with Gasteiger partial charge in [-0.15, -0.1) is 0 Å². The number of ether oxygens (including phenoxy) is 1. The Balaban J connectivity index is 1.68. The maximum absolute atomic E-state index is 12.2. The number of benzene rings is 3. The highest BCUT2D eigenvalue weighted by Gasteiger charge is 2.22. The number of hydrogen-bond donors (Lipinski definition) is 1. The number of ketones is 1. The van der Waals surface area contributed by atoms with Crippen molar-refractivity contribution < 1.29 is 19.4 Å². The highest BCUT2D eigenvalue weighted by Crippen LogP contribution is 2.30. The molecule has 0 radical (unpaired) electrons. The third kappa shape index (κ3) is 6.22. The van der Waals surface area contributed by atoms with Gasteiger partial charge in [0.05, 0.1) is 5.56 Å². The van der Waals surface area contributed by atoms with Crippen molar-refractivity contribution in [2.45, 2.75) is 59.8 Å². The molecule has 3 rings (SSSR count). The van der Waals surface area contributed by atoms with Crippen molar-refractivity contribution in [1.82, 2.24) is 0 Å². The van der Waals surface area contributed by atoms with Crippen molar-refractivity contribution in [1.29, 1.82) is 0 Å². The lowest BCUT2D eigenvalue weighted by Gasteiger charge is -2.19. The summed E-state index contributed by atoms with van der Waals surface area (Å²) in [6.45, 7) is 10.0. The Labute approximate surface area is 196 Å². The highest BCUT2D eigenvalue weighted by atomic mass is 16.5. The zero-order valence-corrected chi connectivity index (χ0v) is 20.3. The van der Waals surface area contributed by atoms with E-state index in [0.29, 0.717) is 11.5 Å². The summed E-state index contributed by atoms with van der Waals surface area (Å²) in [6.07, 6.45) is 2.95. The standard InChI is InChI=1S/C29H34O4/c1-6-21(23-13-14-26(19(2)15-23)33-18-27(30)29(3,4)5)9-7-20-8-10-22-11-12-24(28(31)32)17-25(22)16-20/h8,10-17,21H,6-7,9,18H2,1-5H3,(H,31,32). The molecule has 1 N–H and O–H groups in total. The molecule has 1 atom stereocenters. The Kier molecular flexibility index (Phi) is 7.57. The molecule has 4 nitrogen and oxygen atoms in total. The molecule has 0 amide bonds. The quantitative estimate of drug-likeness (QED) is 0.386. The van der Waals surface area contributed by atoms with E-state index in [4.69, 9.17) is 4.74 Å². The number of rotatable bonds is 9. The zero-order chi connectivity index (χ0) is 24.2. The second-order valence-electron chi connectivity index (χ2n) is 9.83. The average molecular weight is 447 g/mol. The average Bonchev–Trinajstić information content (AvgIpc) is 2.77. The molecule has 0 fully saturated rings. The summed E-state index contributed by atoms with van der Waals surface area (Å²) in [5.41, 5.74) is 3.44. The number of carboxylic acid groups (broad SMARTS) is 1. The molecule has 4 heteroatoms. The molecule has 174 valence electrons. The van der Waals surface area contributed by atoms with Crippen molar-refractivity contribution in [3.63, 3.8) is 0 Å². The Morgan fingerprint density at radius 2 is 1.70 bits per heavy atom. The second-order valence-corrected chi connectivity index (χ2v) is 9.83. The van der Waals surface area contributed by atoms with Gasteiger partial charge in [0, 0.05) is 5.41 Å². The van der Waals surface area contributed by atoms with Gasteiger partial charge in [-0.1, -0.05) is 64.1 Å². The van der Waals surface area contributed by atoms with Gasteiger partial charge in [-0.2, -0.15) is 0 Å². The van der Waals surface area contributed by atoms with Crippen LogP contribution in [0.25, 0.3) is 10.8 Å². The Bertz CT molecular complexity index is 1150. The van der Waals surface area contributed by atoms with Gasteiger partial charge in [0.25, 0.3) is 0 Å². The van der Waals surface area contributed by atoms with Crippen molar-refractivity contribution in [3.8, 4) is 5.75 Å². The molecule has 0 spiro atoms. The molecule has 3 aromatic rings. The van der Waals surface area contributed by atoms with E-state index in [0.717, 1.165) is 41.3 Å². The summed E-state index contributed by atoms with van der Waals surface area (Å²) in [6, 6.07) is 17.8. The monoisotopic (exact) mass is 446 g/mol. The summed E-state index contributed by atoms with van der Waals surface area (Å²) in [4.78, 5) is 23.5. The van der Waals surface area contributed by atoms with Crippen LogP contribution in [0.4, 0.5) is 0 Å². The number of aryl methyl sites for hydroxylation is 2. The first-order valence-corrected chi connectivity index (χ1v) is 11.6. The van der Waals surface area contributed by atoms with Gasteiger partial charge in [0.1, 0.15) is 12.4 Å². The fourth-order valence-electron chi connectivity index (χ4n) is 3.98. The van der Waals surface area contributed by atoms with E-state index in [1.54, 1.807) is 12.1 Å². The Morgan fingerprint density at radius 3 is 2.33 bits per heavy atom. The molecule has 0 saturated heterocycles. The first-order valence-electron chi connectivity index (χ1n) is 11.6. The molecule has 0 aromatic heterocycles. The first kappa shape index (κ1) is 24.5. The minimum atomic E-state index is -0.904. The van der Waals surface area contributed by atoms with E-state index in [2.05, 4.69) is 37.3 Å². The smallest absolute Gasteiger partial charge is 0.335 e. The van der Waals surface area contributed by atoms with Crippen molar-refractivity contribution in [2.24, 2.45) is 5.41 Å². The predicted octanol–water partition coefficient (Wildman–Crippen LogP) is 6.97. The van der Waals surface area contributed by atoms with Gasteiger partial charge in [0.15, 0.2) is 5.78 Å². The van der Waals surface area contributed by atoms with Gasteiger partial charge in [-0.25, -0.2) is 4.79 Å². The fourth-order valence-corrected chi connectivity index (χ4v) is 3.98. The summed E-state index contributed by atoms with van der Waals surface area (Å²) in [7, 11) is 0. The van der Waals surface area contributed by atoms with Crippen molar-refractivity contribution >= 4 is 22.5 Å². The van der Waals surface area contributed by atoms with E-state index < -0.39 is 11.4 Å². The maximum Gasteiger partial charge on any atom is 0.335 e. The third-order valence-electron chi connectivity index (χ3n) is 6.29. The van der Waals surface area contributed by atoms with Crippen LogP contribution in [-0.2, 0) is 11.2 Å². The van der Waals surface area contributed by atoms with Crippen LogP contribution in [0.3, 0.4) is 0 Å². The van der Waals surface area contributed by atoms with Crippen LogP contribution >= 0.6 is 0 Å². The van der Waals surface area contributed by atoms with Gasteiger partial charge in [-0.3, -0.25) is 4.79 Å². The number of Topliss-reactive ketones (excluding diaryl/α,β-unsaturated/α-hetero) is 1. The zero-order valence-electron chi connectivity index (χ0n) is 20.3. The van der Waals surface area contributed by atoms with E-state index in [9.17, 15) is 14.7 Å². The molecular formula is C29H34O4. The van der Waals surface area contributed by atoms with Crippen molar-refractivity contribution in [2.75, 3.05) is 6.61 Å². The van der Waals surface area contributed by atoms with E-state index in [-0.39, 0.29) is 12.4 Å². The molecular weight excluding hydrogens is 412 g/mol. The lowest BCUT2D eigenvalue weighted by molar-refractivity contribution is -0.128. The third-order valence-corrected chi connectivity index (χ3v) is 6.29. The van der Waals surface area contributed by atoms with E-state index in [1.807, 2.05) is 39.8 Å². The number of hydrogen-bond acceptors (Lipinski definition) is 3. The van der Waals surface area contributed by atoms with Crippen molar-refractivity contribution in [3.05, 3.63) is 76.9 Å². The lowest BCUT2D eigenvalue weighted by Crippen LogP contribution is -2.26. The van der Waals surface area contributed by atoms with Gasteiger partial charge < -0.3 is 9.84 Å². The highest BCUT2D eigenvalue weighted by molar-refractivity contribution is 5.94. The minimum Gasteiger partial charge on any atom is -0.486 e. The molecule has 0 aliphatic carbocycles. The van der Waals surface area contributed by atoms with Crippen LogP contribution in [0.15, 0.2) is 54.6 Å². The lowest BCUT2D eigenvalue weighted by atomic mass is 9.89. The number of carbonyl (C=O) groups excluding carboxylic acids is 1. The van der Waals surface area contributed by atoms with Crippen LogP contribution in [0.1, 0.15) is 73.5 Å². The second kappa shape index (κ2) is 10.2. The SMILES string of the molecule is CCC(CCc1ccc2ccc(C(=O)O)cc2c1)c1ccc(OCC(=O)C(C)(C)C)c(C)c1. The van der Waals surface area contributed by atoms with E-state index in [1.165, 1.54) is 11.1 Å². The topological polar surface area (TPSA) is 63.6 Å². The Morgan fingerprint density at radius 1 is 0.970 bits per heavy atom. The van der Waals surface area contributed by atoms with Crippen LogP contribution in [0, 0.1) is 12.3 Å². The number of carboxylic acids is 1. The molecule has 0 saturated carbocycles. The molecule has 0 heterocycles. The van der Waals surface area contributed by atoms with Gasteiger partial charge in [0.2, 0.25) is 0 Å². The van der Waals surface area contributed by atoms with Crippen LogP contribution in [-0.4, -0.2) is 23.5 Å². The molecule has 0 aliphatic rings. The summed E-state index contributed by atoms with van der Waals surface area (Å²) in [5.74, 6) is 0.354. The molecule has 1 unspecified atom stereocenters. The predicted molar refractivity (Wildman–Crippen MR) is 133 cm³/mol. The van der Waals surface area contributed by atoms with Crippen LogP contribution < -0.4 is 4.74 Å². The molecule has 0 aliphatic heterocycles. The molecule has 3 aromatic carbocycles. The Hall–Kier alpha value is -3.14.